The van der Waals surface area contributed by atoms with Crippen LogP contribution in [0.3, 0.4) is 0 Å². The Hall–Kier alpha value is -2.94. The van der Waals surface area contributed by atoms with Gasteiger partial charge < -0.3 is 4.74 Å². The number of hydrogen-bond acceptors (Lipinski definition) is 1. The maximum absolute atomic E-state index is 7.36. The summed E-state index contributed by atoms with van der Waals surface area (Å²) in [4.78, 5) is 0. The van der Waals surface area contributed by atoms with Crippen molar-refractivity contribution in [3.05, 3.63) is 138 Å². The van der Waals surface area contributed by atoms with E-state index in [1.54, 1.807) is 0 Å². The molecule has 0 aliphatic heterocycles. The van der Waals surface area contributed by atoms with E-state index < -0.39 is 5.60 Å². The van der Waals surface area contributed by atoms with Crippen molar-refractivity contribution in [3.63, 3.8) is 0 Å². The van der Waals surface area contributed by atoms with Crippen LogP contribution < -0.4 is 5.19 Å². The summed E-state index contributed by atoms with van der Waals surface area (Å²) in [7, 11) is 0.830. The standard InChI is InChI=1S/C31H30OSi/c1-5-15-26(16-6-1)31(27-17-7-2-8-18-27,28-19-9-3-10-20-28)32-30-23-13-14-25(30)24-33-29-21-11-4-12-22-29/h1-12,15-22,25,30H,13-14,23-24H2/t25-,30+/m1/s1. The predicted molar refractivity (Wildman–Crippen MR) is 138 cm³/mol. The van der Waals surface area contributed by atoms with Crippen LogP contribution in [0.4, 0.5) is 0 Å². The van der Waals surface area contributed by atoms with Crippen molar-refractivity contribution < 1.29 is 4.74 Å². The fourth-order valence-corrected chi connectivity index (χ4v) is 6.54. The summed E-state index contributed by atoms with van der Waals surface area (Å²) in [5.41, 5.74) is 2.96. The van der Waals surface area contributed by atoms with Crippen molar-refractivity contribution in [2.45, 2.75) is 37.0 Å². The summed E-state index contributed by atoms with van der Waals surface area (Å²) >= 11 is 0. The van der Waals surface area contributed by atoms with E-state index >= 15 is 0 Å². The van der Waals surface area contributed by atoms with E-state index in [0.29, 0.717) is 5.92 Å². The summed E-state index contributed by atoms with van der Waals surface area (Å²) in [6.07, 6.45) is 3.85. The van der Waals surface area contributed by atoms with Gasteiger partial charge in [0.2, 0.25) is 0 Å². The van der Waals surface area contributed by atoms with Gasteiger partial charge in [0.1, 0.15) is 5.60 Å². The molecule has 0 aromatic heterocycles. The average molecular weight is 447 g/mol. The van der Waals surface area contributed by atoms with Crippen molar-refractivity contribution in [1.82, 2.24) is 0 Å². The Morgan fingerprint density at radius 2 is 1.06 bits per heavy atom. The van der Waals surface area contributed by atoms with E-state index in [1.807, 2.05) is 0 Å². The van der Waals surface area contributed by atoms with Gasteiger partial charge in [-0.1, -0.05) is 139 Å². The molecule has 0 amide bonds. The third-order valence-electron chi connectivity index (χ3n) is 6.80. The van der Waals surface area contributed by atoms with Crippen molar-refractivity contribution >= 4 is 14.7 Å². The summed E-state index contributed by atoms with van der Waals surface area (Å²) in [5.74, 6) is 0.582. The van der Waals surface area contributed by atoms with Crippen molar-refractivity contribution in [3.8, 4) is 0 Å². The lowest BCUT2D eigenvalue weighted by molar-refractivity contribution is -0.0609. The number of ether oxygens (including phenoxy) is 1. The molecular weight excluding hydrogens is 416 g/mol. The molecule has 2 radical (unpaired) electrons. The Balaban J connectivity index is 1.53. The molecule has 1 aliphatic carbocycles. The van der Waals surface area contributed by atoms with Crippen LogP contribution in [0.5, 0.6) is 0 Å². The number of benzene rings is 4. The summed E-state index contributed by atoms with van der Waals surface area (Å²) in [6, 6.07) is 44.4. The van der Waals surface area contributed by atoms with Crippen LogP contribution >= 0.6 is 0 Å². The van der Waals surface area contributed by atoms with Crippen molar-refractivity contribution in [2.75, 3.05) is 0 Å². The molecule has 0 N–H and O–H groups in total. The summed E-state index contributed by atoms with van der Waals surface area (Å²) in [5, 5.41) is 1.45. The minimum atomic E-state index is -0.618. The zero-order valence-electron chi connectivity index (χ0n) is 18.9. The summed E-state index contributed by atoms with van der Waals surface area (Å²) in [6.45, 7) is 0. The minimum absolute atomic E-state index is 0.238. The molecule has 33 heavy (non-hydrogen) atoms. The third kappa shape index (κ3) is 4.73. The molecule has 0 unspecified atom stereocenters. The van der Waals surface area contributed by atoms with E-state index in [2.05, 4.69) is 121 Å². The topological polar surface area (TPSA) is 9.23 Å². The van der Waals surface area contributed by atoms with Gasteiger partial charge in [0.25, 0.3) is 0 Å². The van der Waals surface area contributed by atoms with Gasteiger partial charge in [0.15, 0.2) is 0 Å². The van der Waals surface area contributed by atoms with Crippen LogP contribution in [-0.2, 0) is 10.3 Å². The van der Waals surface area contributed by atoms with Crippen molar-refractivity contribution in [1.29, 1.82) is 0 Å². The van der Waals surface area contributed by atoms with Crippen LogP contribution in [0, 0.1) is 5.92 Å². The van der Waals surface area contributed by atoms with Gasteiger partial charge in [-0.25, -0.2) is 0 Å². The Kier molecular flexibility index (Phi) is 6.85. The Morgan fingerprint density at radius 1 is 0.606 bits per heavy atom. The van der Waals surface area contributed by atoms with Crippen LogP contribution in [-0.4, -0.2) is 15.6 Å². The molecule has 2 heteroatoms. The first-order valence-corrected chi connectivity index (χ1v) is 13.2. The summed E-state index contributed by atoms with van der Waals surface area (Å²) < 4.78 is 7.36. The van der Waals surface area contributed by atoms with Crippen molar-refractivity contribution in [2.24, 2.45) is 5.92 Å². The second kappa shape index (κ2) is 10.3. The predicted octanol–water partition coefficient (Wildman–Crippen LogP) is 6.61. The van der Waals surface area contributed by atoms with Crippen LogP contribution in [0.25, 0.3) is 0 Å². The van der Waals surface area contributed by atoms with Crippen LogP contribution in [0.1, 0.15) is 36.0 Å². The molecule has 1 fully saturated rings. The molecule has 0 saturated heterocycles. The molecule has 1 nitrogen and oxygen atoms in total. The second-order valence-corrected chi connectivity index (χ2v) is 10.2. The van der Waals surface area contributed by atoms with E-state index in [4.69, 9.17) is 4.74 Å². The molecule has 164 valence electrons. The first-order chi connectivity index (χ1) is 16.4. The minimum Gasteiger partial charge on any atom is -0.357 e. The highest BCUT2D eigenvalue weighted by Crippen LogP contribution is 2.45. The fraction of sp³-hybridized carbons (Fsp3) is 0.226. The van der Waals surface area contributed by atoms with Gasteiger partial charge in [0, 0.05) is 0 Å². The monoisotopic (exact) mass is 446 g/mol. The van der Waals surface area contributed by atoms with Gasteiger partial charge in [-0.2, -0.15) is 0 Å². The maximum atomic E-state index is 7.36. The molecule has 1 saturated carbocycles. The first-order valence-electron chi connectivity index (χ1n) is 12.0. The molecule has 0 heterocycles. The highest BCUT2D eigenvalue weighted by molar-refractivity contribution is 6.53. The first kappa shape index (κ1) is 21.9. The van der Waals surface area contributed by atoms with Gasteiger partial charge in [-0.3, -0.25) is 0 Å². The second-order valence-electron chi connectivity index (χ2n) is 8.87. The van der Waals surface area contributed by atoms with Crippen LogP contribution in [0.2, 0.25) is 6.04 Å². The van der Waals surface area contributed by atoms with E-state index in [9.17, 15) is 0 Å². The molecule has 0 spiro atoms. The smallest absolute Gasteiger partial charge is 0.144 e. The normalized spacial score (nSPS) is 18.3. The van der Waals surface area contributed by atoms with Crippen LogP contribution in [0.15, 0.2) is 121 Å². The molecule has 4 aromatic rings. The third-order valence-corrected chi connectivity index (χ3v) is 8.27. The Bertz CT molecular complexity index is 1020. The molecule has 0 bridgehead atoms. The molecule has 2 atom stereocenters. The fourth-order valence-electron chi connectivity index (χ4n) is 5.15. The SMILES string of the molecule is c1ccc([Si]C[C@H]2CCC[C@@H]2OC(c2ccccc2)(c2ccccc2)c2ccccc2)cc1. The largest absolute Gasteiger partial charge is 0.357 e. The zero-order valence-corrected chi connectivity index (χ0v) is 19.9. The number of rotatable bonds is 8. The Labute approximate surface area is 200 Å². The van der Waals surface area contributed by atoms with E-state index in [0.717, 1.165) is 15.9 Å². The van der Waals surface area contributed by atoms with E-state index in [1.165, 1.54) is 40.8 Å². The lowest BCUT2D eigenvalue weighted by Crippen LogP contribution is -2.38. The molecule has 5 rings (SSSR count). The lowest BCUT2D eigenvalue weighted by atomic mass is 9.79. The molecule has 4 aromatic carbocycles. The molecule has 1 aliphatic rings. The van der Waals surface area contributed by atoms with E-state index in [-0.39, 0.29) is 6.10 Å². The van der Waals surface area contributed by atoms with Gasteiger partial charge >= 0.3 is 0 Å². The van der Waals surface area contributed by atoms with Gasteiger partial charge in [-0.05, 0) is 35.4 Å². The highest BCUT2D eigenvalue weighted by Gasteiger charge is 2.42. The lowest BCUT2D eigenvalue weighted by Gasteiger charge is -2.39. The Morgan fingerprint density at radius 3 is 1.55 bits per heavy atom. The maximum Gasteiger partial charge on any atom is 0.144 e. The molecular formula is C31H30OSi. The quantitative estimate of drug-likeness (QED) is 0.218. The highest BCUT2D eigenvalue weighted by atomic mass is 28.2. The number of hydrogen-bond donors (Lipinski definition) is 0. The van der Waals surface area contributed by atoms with Gasteiger partial charge in [-0.15, -0.1) is 0 Å². The average Bonchev–Trinajstić information content (AvgIpc) is 3.35. The van der Waals surface area contributed by atoms with Gasteiger partial charge in [0.05, 0.1) is 15.6 Å². The zero-order chi connectivity index (χ0) is 22.3.